The Hall–Kier alpha value is 1.57. The van der Waals surface area contributed by atoms with Crippen molar-refractivity contribution in [2.45, 2.75) is 19.4 Å². The van der Waals surface area contributed by atoms with Crippen molar-refractivity contribution < 1.29 is 49.7 Å². The number of hydrogen-bond donors (Lipinski definition) is 2. The summed E-state index contributed by atoms with van der Waals surface area (Å²) in [6, 6.07) is 0.367. The minimum atomic E-state index is 0. The zero-order chi connectivity index (χ0) is 7.82. The van der Waals surface area contributed by atoms with Gasteiger partial charge in [-0.3, -0.25) is 0 Å². The molecule has 0 fully saturated rings. The van der Waals surface area contributed by atoms with E-state index in [1.54, 1.807) is 0 Å². The smallest absolute Gasteiger partial charge is 0.117 e. The molecule has 1 atom stereocenters. The quantitative estimate of drug-likeness (QED) is 0.503. The van der Waals surface area contributed by atoms with Gasteiger partial charge in [0.25, 0.3) is 0 Å². The summed E-state index contributed by atoms with van der Waals surface area (Å²) in [7, 11) is 0. The molecule has 0 aromatic rings. The van der Waals surface area contributed by atoms with E-state index < -0.39 is 0 Å². The standard InChI is InChI=1S/C6H15NO2S.Pm/c1-6(2-4-8)7-3-5-9-10;/h6-8,10H,2-5H2,1H3;/p+1. The van der Waals surface area contributed by atoms with Crippen LogP contribution in [0, 0.1) is 40.4 Å². The maximum Gasteiger partial charge on any atom is 0.117 e. The van der Waals surface area contributed by atoms with Gasteiger partial charge in [-0.2, -0.15) is 4.18 Å². The molecule has 2 N–H and O–H groups in total. The van der Waals surface area contributed by atoms with Crippen molar-refractivity contribution in [2.24, 2.45) is 0 Å². The van der Waals surface area contributed by atoms with Gasteiger partial charge in [0.05, 0.1) is 0 Å². The van der Waals surface area contributed by atoms with Crippen LogP contribution in [0.1, 0.15) is 13.3 Å². The molecule has 0 bridgehead atoms. The van der Waals surface area contributed by atoms with Gasteiger partial charge < -0.3 is 10.4 Å². The first kappa shape index (κ1) is 15.1. The number of rotatable bonds is 6. The number of aliphatic hydroxyl groups excluding tert-OH is 1. The minimum absolute atomic E-state index is 0. The van der Waals surface area contributed by atoms with E-state index in [-0.39, 0.29) is 47.0 Å². The first-order chi connectivity index (χ1) is 4.81. The summed E-state index contributed by atoms with van der Waals surface area (Å²) in [5.41, 5.74) is 0. The second kappa shape index (κ2) is 11.6. The van der Waals surface area contributed by atoms with Crippen LogP contribution in [-0.4, -0.2) is 30.9 Å². The number of nitrogens with one attached hydrogen (secondary N) is 1. The van der Waals surface area contributed by atoms with Crippen LogP contribution >= 0.6 is 0 Å². The van der Waals surface area contributed by atoms with Gasteiger partial charge in [-0.15, -0.1) is 0 Å². The Morgan fingerprint density at radius 3 is 2.73 bits per heavy atom. The maximum atomic E-state index is 8.51. The molecule has 0 aromatic heterocycles. The van der Waals surface area contributed by atoms with Crippen LogP contribution in [0.5, 0.6) is 0 Å². The van der Waals surface area contributed by atoms with Crippen LogP contribution < -0.4 is 5.32 Å². The maximum absolute atomic E-state index is 8.51. The average molecular weight is 311 g/mol. The molecule has 11 heavy (non-hydrogen) atoms. The van der Waals surface area contributed by atoms with E-state index in [1.165, 1.54) is 0 Å². The van der Waals surface area contributed by atoms with E-state index in [4.69, 9.17) is 5.11 Å². The van der Waals surface area contributed by atoms with E-state index >= 15 is 0 Å². The minimum Gasteiger partial charge on any atom is -0.396 e. The van der Waals surface area contributed by atoms with Gasteiger partial charge in [-0.1, -0.05) is 0 Å². The van der Waals surface area contributed by atoms with Crippen LogP contribution in [-0.2, 0) is 17.1 Å². The van der Waals surface area contributed by atoms with Crippen LogP contribution in [0.2, 0.25) is 0 Å². The molecule has 1 unspecified atom stereocenters. The predicted molar refractivity (Wildman–Crippen MR) is 45.3 cm³/mol. The second-order valence-electron chi connectivity index (χ2n) is 2.22. The molecule has 0 aliphatic heterocycles. The van der Waals surface area contributed by atoms with Crippen molar-refractivity contribution >= 4 is 12.9 Å². The third-order valence-corrected chi connectivity index (χ3v) is 1.46. The molecule has 0 amide bonds. The summed E-state index contributed by atoms with van der Waals surface area (Å²) in [5.74, 6) is 0. The molecule has 5 heteroatoms. The summed E-state index contributed by atoms with van der Waals surface area (Å²) < 4.78 is 4.65. The summed E-state index contributed by atoms with van der Waals surface area (Å²) in [4.78, 5) is 0. The zero-order valence-electron chi connectivity index (χ0n) is 6.71. The molecular weight excluding hydrogens is 295 g/mol. The van der Waals surface area contributed by atoms with Gasteiger partial charge in [0.2, 0.25) is 0 Å². The normalized spacial score (nSPS) is 12.3. The van der Waals surface area contributed by atoms with Gasteiger partial charge in [0, 0.05) is 59.6 Å². The fourth-order valence-corrected chi connectivity index (χ4v) is 0.754. The number of hydrogen-bond acceptors (Lipinski definition) is 3. The van der Waals surface area contributed by atoms with E-state index in [9.17, 15) is 0 Å². The van der Waals surface area contributed by atoms with Crippen LogP contribution in [0.3, 0.4) is 0 Å². The monoisotopic (exact) mass is 311 g/mol. The van der Waals surface area contributed by atoms with Gasteiger partial charge in [-0.25, -0.2) is 0 Å². The summed E-state index contributed by atoms with van der Waals surface area (Å²) in [6.45, 7) is 3.73. The molecule has 0 heterocycles. The summed E-state index contributed by atoms with van der Waals surface area (Å²) in [6.07, 6.45) is 0.793. The Morgan fingerprint density at radius 1 is 1.64 bits per heavy atom. The molecule has 0 aliphatic rings. The van der Waals surface area contributed by atoms with E-state index in [0.29, 0.717) is 12.6 Å². The fourth-order valence-electron chi connectivity index (χ4n) is 0.652. The molecule has 3 nitrogen and oxygen atoms in total. The molecule has 0 spiro atoms. The van der Waals surface area contributed by atoms with E-state index in [2.05, 4.69) is 22.4 Å². The Morgan fingerprint density at radius 2 is 2.27 bits per heavy atom. The van der Waals surface area contributed by atoms with Crippen molar-refractivity contribution in [3.05, 3.63) is 0 Å². The largest absolute Gasteiger partial charge is 0.396 e. The fraction of sp³-hybridized carbons (Fsp3) is 1.00. The molecular formula is C6H16NO2PmS+. The molecule has 0 saturated carbocycles. The first-order valence-electron chi connectivity index (χ1n) is 3.44. The molecule has 0 aliphatic carbocycles. The van der Waals surface area contributed by atoms with Crippen molar-refractivity contribution in [3.63, 3.8) is 0 Å². The summed E-state index contributed by atoms with van der Waals surface area (Å²) in [5, 5.41) is 11.7. The molecule has 67 valence electrons. The van der Waals surface area contributed by atoms with Gasteiger partial charge in [-0.05, 0) is 13.3 Å². The predicted octanol–water partition coefficient (Wildman–Crippen LogP) is -0.710. The Labute approximate surface area is 106 Å². The first-order valence-corrected chi connectivity index (χ1v) is 3.85. The van der Waals surface area contributed by atoms with Crippen molar-refractivity contribution in [3.8, 4) is 0 Å². The van der Waals surface area contributed by atoms with Gasteiger partial charge in [0.1, 0.15) is 19.5 Å². The third-order valence-electron chi connectivity index (χ3n) is 1.26. The Balaban J connectivity index is 0. The average Bonchev–Trinajstić information content (AvgIpc) is 1.89. The van der Waals surface area contributed by atoms with Crippen LogP contribution in [0.25, 0.3) is 0 Å². The topological polar surface area (TPSA) is 41.5 Å². The van der Waals surface area contributed by atoms with E-state index in [1.807, 2.05) is 6.92 Å². The van der Waals surface area contributed by atoms with Gasteiger partial charge >= 0.3 is 0 Å². The SMILES string of the molecule is CC(CCO)NCCO[SH2+].[Pm]. The van der Waals surface area contributed by atoms with Crippen molar-refractivity contribution in [1.82, 2.24) is 5.32 Å². The van der Waals surface area contributed by atoms with E-state index in [0.717, 1.165) is 13.0 Å². The molecule has 1 radical (unpaired) electrons. The van der Waals surface area contributed by atoms with Gasteiger partial charge in [0.15, 0.2) is 0 Å². The molecule has 0 aromatic carbocycles. The Kier molecular flexibility index (Phi) is 15.8. The molecule has 0 rings (SSSR count). The third kappa shape index (κ3) is 11.6. The van der Waals surface area contributed by atoms with Crippen molar-refractivity contribution in [1.29, 1.82) is 0 Å². The second-order valence-corrected chi connectivity index (χ2v) is 2.50. The zero-order valence-corrected chi connectivity index (χ0v) is 10.6. The molecule has 0 saturated heterocycles. The summed E-state index contributed by atoms with van der Waals surface area (Å²) >= 11 is 2.89. The van der Waals surface area contributed by atoms with Crippen LogP contribution in [0.15, 0.2) is 0 Å². The Bertz CT molecular complexity index is 77.6. The van der Waals surface area contributed by atoms with Crippen molar-refractivity contribution in [2.75, 3.05) is 19.8 Å². The number of aliphatic hydroxyl groups is 1. The van der Waals surface area contributed by atoms with Crippen LogP contribution in [0.4, 0.5) is 0 Å².